The van der Waals surface area contributed by atoms with E-state index in [-0.39, 0.29) is 18.0 Å². The number of fused-ring (bicyclic) bond motifs is 1. The summed E-state index contributed by atoms with van der Waals surface area (Å²) in [7, 11) is 3.97. The molecule has 1 N–H and O–H groups in total. The van der Waals surface area contributed by atoms with Crippen molar-refractivity contribution in [3.8, 4) is 0 Å². The van der Waals surface area contributed by atoms with E-state index in [0.717, 1.165) is 11.3 Å². The van der Waals surface area contributed by atoms with Crippen LogP contribution in [-0.2, 0) is 11.3 Å². The third-order valence-corrected chi connectivity index (χ3v) is 4.87. The molecule has 0 saturated heterocycles. The lowest BCUT2D eigenvalue weighted by Gasteiger charge is -2.40. The Hall–Kier alpha value is -3.09. The lowest BCUT2D eigenvalue weighted by atomic mass is 10.1. The van der Waals surface area contributed by atoms with E-state index in [0.29, 0.717) is 18.1 Å². The van der Waals surface area contributed by atoms with E-state index in [1.807, 2.05) is 63.2 Å². The summed E-state index contributed by atoms with van der Waals surface area (Å²) in [4.78, 5) is 35.4. The van der Waals surface area contributed by atoms with Crippen LogP contribution in [0.1, 0.15) is 26.3 Å². The van der Waals surface area contributed by atoms with Gasteiger partial charge in [-0.1, -0.05) is 12.1 Å². The molecule has 2 aromatic rings. The van der Waals surface area contributed by atoms with Gasteiger partial charge in [-0.15, -0.1) is 0 Å². The number of hydrogen-bond acceptors (Lipinski definition) is 4. The first kappa shape index (κ1) is 19.7. The van der Waals surface area contributed by atoms with Crippen molar-refractivity contribution in [2.75, 3.05) is 28.8 Å². The van der Waals surface area contributed by atoms with Crippen molar-refractivity contribution < 1.29 is 9.59 Å². The summed E-state index contributed by atoms with van der Waals surface area (Å²) in [6, 6.07) is 10.6. The van der Waals surface area contributed by atoms with Gasteiger partial charge in [0.1, 0.15) is 6.04 Å². The molecule has 1 aliphatic rings. The summed E-state index contributed by atoms with van der Waals surface area (Å²) in [6.45, 7) is 6.01. The number of carbonyl (C=O) groups is 2. The second-order valence-electron chi connectivity index (χ2n) is 7.41. The molecule has 28 heavy (non-hydrogen) atoms. The Morgan fingerprint density at radius 1 is 1.21 bits per heavy atom. The number of carbonyl (C=O) groups excluding carboxylic acids is 2. The van der Waals surface area contributed by atoms with Crippen LogP contribution in [0.3, 0.4) is 0 Å². The van der Waals surface area contributed by atoms with Gasteiger partial charge in [0.15, 0.2) is 5.82 Å². The minimum atomic E-state index is -0.602. The zero-order chi connectivity index (χ0) is 20.4. The fraction of sp³-hybridized carbons (Fsp3) is 0.381. The van der Waals surface area contributed by atoms with Crippen molar-refractivity contribution >= 4 is 29.1 Å². The predicted octanol–water partition coefficient (Wildman–Crippen LogP) is 3.01. The van der Waals surface area contributed by atoms with E-state index in [9.17, 15) is 9.59 Å². The number of amides is 3. The van der Waals surface area contributed by atoms with Crippen LogP contribution in [0.4, 0.5) is 22.0 Å². The van der Waals surface area contributed by atoms with Crippen LogP contribution in [0.15, 0.2) is 42.6 Å². The molecule has 1 atom stereocenters. The van der Waals surface area contributed by atoms with Crippen molar-refractivity contribution in [3.05, 3.63) is 48.2 Å². The molecule has 0 aliphatic carbocycles. The van der Waals surface area contributed by atoms with Gasteiger partial charge in [0.05, 0.1) is 5.69 Å². The molecule has 1 aromatic heterocycles. The number of anilines is 3. The van der Waals surface area contributed by atoms with Gasteiger partial charge < -0.3 is 10.2 Å². The quantitative estimate of drug-likeness (QED) is 0.884. The molecule has 7 nitrogen and oxygen atoms in total. The molecule has 3 rings (SSSR count). The monoisotopic (exact) mass is 381 g/mol. The predicted molar refractivity (Wildman–Crippen MR) is 112 cm³/mol. The first-order valence-corrected chi connectivity index (χ1v) is 9.42. The normalized spacial score (nSPS) is 16.2. The maximum Gasteiger partial charge on any atom is 0.323 e. The maximum absolute atomic E-state index is 12.9. The summed E-state index contributed by atoms with van der Waals surface area (Å²) in [5, 5.41) is 2.93. The molecule has 1 unspecified atom stereocenters. The van der Waals surface area contributed by atoms with Crippen LogP contribution in [0.25, 0.3) is 0 Å². The second kappa shape index (κ2) is 7.88. The summed E-state index contributed by atoms with van der Waals surface area (Å²) in [6.07, 6.45) is 1.64. The van der Waals surface area contributed by atoms with E-state index in [4.69, 9.17) is 0 Å². The van der Waals surface area contributed by atoms with E-state index in [1.165, 1.54) is 4.90 Å². The van der Waals surface area contributed by atoms with E-state index in [2.05, 4.69) is 10.3 Å². The van der Waals surface area contributed by atoms with Crippen LogP contribution in [0, 0.1) is 0 Å². The maximum atomic E-state index is 12.9. The van der Waals surface area contributed by atoms with Gasteiger partial charge in [-0.2, -0.15) is 0 Å². The van der Waals surface area contributed by atoms with Gasteiger partial charge in [0.2, 0.25) is 0 Å². The number of rotatable bonds is 4. The fourth-order valence-electron chi connectivity index (χ4n) is 3.35. The zero-order valence-corrected chi connectivity index (χ0v) is 17.0. The standard InChI is InChI=1S/C21H27N5O2/c1-14(2)25-19-18(7-6-12-22-19)26(15(3)20(25)27)21(28)23-13-16-8-10-17(11-9-16)24(4)5/h6-12,14-15H,13H2,1-5H3,(H,23,28). The molecule has 1 aliphatic heterocycles. The highest BCUT2D eigenvalue weighted by molar-refractivity contribution is 6.11. The van der Waals surface area contributed by atoms with Crippen molar-refractivity contribution in [3.63, 3.8) is 0 Å². The number of pyridine rings is 1. The van der Waals surface area contributed by atoms with Crippen molar-refractivity contribution in [1.29, 1.82) is 0 Å². The Labute approximate surface area is 166 Å². The molecule has 0 spiro atoms. The largest absolute Gasteiger partial charge is 0.378 e. The van der Waals surface area contributed by atoms with E-state index < -0.39 is 6.04 Å². The molecule has 2 heterocycles. The molecule has 148 valence electrons. The number of nitrogens with zero attached hydrogens (tertiary/aromatic N) is 4. The zero-order valence-electron chi connectivity index (χ0n) is 17.0. The minimum absolute atomic E-state index is 0.0379. The summed E-state index contributed by atoms with van der Waals surface area (Å²) in [5.74, 6) is 0.387. The van der Waals surface area contributed by atoms with E-state index >= 15 is 0 Å². The summed E-state index contributed by atoms with van der Waals surface area (Å²) < 4.78 is 0. The lowest BCUT2D eigenvalue weighted by molar-refractivity contribution is -0.120. The molecule has 3 amide bonds. The number of aromatic nitrogens is 1. The smallest absolute Gasteiger partial charge is 0.323 e. The number of urea groups is 1. The first-order chi connectivity index (χ1) is 13.3. The van der Waals surface area contributed by atoms with Gasteiger partial charge in [-0.25, -0.2) is 9.78 Å². The Morgan fingerprint density at radius 2 is 1.89 bits per heavy atom. The van der Waals surface area contributed by atoms with E-state index in [1.54, 1.807) is 24.1 Å². The third kappa shape index (κ3) is 3.65. The SMILES string of the molecule is CC(C)N1C(=O)C(C)N(C(=O)NCc2ccc(N(C)C)cc2)c2cccnc21. The minimum Gasteiger partial charge on any atom is -0.378 e. The van der Waals surface area contributed by atoms with Gasteiger partial charge in [0, 0.05) is 38.6 Å². The summed E-state index contributed by atoms with van der Waals surface area (Å²) in [5.41, 5.74) is 2.73. The van der Waals surface area contributed by atoms with Crippen LogP contribution in [-0.4, -0.2) is 43.1 Å². The van der Waals surface area contributed by atoms with Crippen LogP contribution < -0.4 is 20.0 Å². The molecular weight excluding hydrogens is 354 g/mol. The highest BCUT2D eigenvalue weighted by atomic mass is 16.2. The average Bonchev–Trinajstić information content (AvgIpc) is 2.67. The second-order valence-corrected chi connectivity index (χ2v) is 7.41. The highest BCUT2D eigenvalue weighted by Crippen LogP contribution is 2.35. The van der Waals surface area contributed by atoms with Crippen LogP contribution in [0.2, 0.25) is 0 Å². The molecule has 0 bridgehead atoms. The van der Waals surface area contributed by atoms with Gasteiger partial charge in [0.25, 0.3) is 5.91 Å². The fourth-order valence-corrected chi connectivity index (χ4v) is 3.35. The number of hydrogen-bond donors (Lipinski definition) is 1. The molecule has 1 aromatic carbocycles. The van der Waals surface area contributed by atoms with Gasteiger partial charge in [-0.05, 0) is 50.6 Å². The van der Waals surface area contributed by atoms with Gasteiger partial charge >= 0.3 is 6.03 Å². The van der Waals surface area contributed by atoms with Crippen LogP contribution >= 0.6 is 0 Å². The van der Waals surface area contributed by atoms with Crippen molar-refractivity contribution in [1.82, 2.24) is 10.3 Å². The Bertz CT molecular complexity index is 863. The van der Waals surface area contributed by atoms with Crippen molar-refractivity contribution in [2.45, 2.75) is 39.4 Å². The molecule has 0 fully saturated rings. The van der Waals surface area contributed by atoms with Crippen LogP contribution in [0.5, 0.6) is 0 Å². The molecular formula is C21H27N5O2. The average molecular weight is 381 g/mol. The number of benzene rings is 1. The molecule has 7 heteroatoms. The summed E-state index contributed by atoms with van der Waals surface area (Å²) >= 11 is 0. The Kier molecular flexibility index (Phi) is 5.53. The lowest BCUT2D eigenvalue weighted by Crippen LogP contribution is -2.58. The highest BCUT2D eigenvalue weighted by Gasteiger charge is 2.40. The Balaban J connectivity index is 1.80. The Morgan fingerprint density at radius 3 is 2.50 bits per heavy atom. The van der Waals surface area contributed by atoms with Gasteiger partial charge in [-0.3, -0.25) is 14.6 Å². The topological polar surface area (TPSA) is 68.8 Å². The molecule has 0 saturated carbocycles. The number of nitrogens with one attached hydrogen (secondary N) is 1. The molecule has 0 radical (unpaired) electrons. The third-order valence-electron chi connectivity index (χ3n) is 4.87. The first-order valence-electron chi connectivity index (χ1n) is 9.42. The van der Waals surface area contributed by atoms with Crippen molar-refractivity contribution in [2.24, 2.45) is 0 Å².